The Morgan fingerprint density at radius 3 is 2.45 bits per heavy atom. The molecular formula is C28H29N. The number of nitrogens with two attached hydrogens (primary N) is 1. The van der Waals surface area contributed by atoms with E-state index in [4.69, 9.17) is 5.73 Å². The first kappa shape index (κ1) is 19.3. The zero-order valence-electron chi connectivity index (χ0n) is 17.0. The third kappa shape index (κ3) is 4.51. The van der Waals surface area contributed by atoms with Gasteiger partial charge in [0.2, 0.25) is 0 Å². The van der Waals surface area contributed by atoms with Gasteiger partial charge in [0.25, 0.3) is 0 Å². The largest absolute Gasteiger partial charge is 0.404 e. The highest BCUT2D eigenvalue weighted by atomic mass is 14.5. The number of aryl methyl sites for hydroxylation is 1. The lowest BCUT2D eigenvalue weighted by Gasteiger charge is -2.18. The molecule has 0 fully saturated rings. The summed E-state index contributed by atoms with van der Waals surface area (Å²) in [5, 5.41) is 2.52. The first-order valence-electron chi connectivity index (χ1n) is 10.6. The number of benzene rings is 2. The Labute approximate surface area is 174 Å². The molecule has 0 amide bonds. The van der Waals surface area contributed by atoms with Gasteiger partial charge in [-0.25, -0.2) is 0 Å². The fraction of sp³-hybridized carbons (Fsp3) is 0.214. The molecule has 0 bridgehead atoms. The van der Waals surface area contributed by atoms with E-state index >= 15 is 0 Å². The maximum Gasteiger partial charge on any atom is 0.00173 e. The van der Waals surface area contributed by atoms with E-state index in [-0.39, 0.29) is 0 Å². The molecule has 146 valence electrons. The van der Waals surface area contributed by atoms with E-state index in [1.165, 1.54) is 29.2 Å². The second-order valence-electron chi connectivity index (χ2n) is 7.90. The van der Waals surface area contributed by atoms with Gasteiger partial charge in [-0.1, -0.05) is 79.4 Å². The maximum atomic E-state index is 5.74. The van der Waals surface area contributed by atoms with Gasteiger partial charge in [-0.3, -0.25) is 0 Å². The summed E-state index contributed by atoms with van der Waals surface area (Å²) in [6.07, 6.45) is 23.0. The predicted octanol–water partition coefficient (Wildman–Crippen LogP) is 7.04. The van der Waals surface area contributed by atoms with E-state index in [2.05, 4.69) is 79.4 Å². The van der Waals surface area contributed by atoms with Gasteiger partial charge in [-0.15, -0.1) is 0 Å². The van der Waals surface area contributed by atoms with Gasteiger partial charge in [0.15, 0.2) is 0 Å². The first-order valence-corrected chi connectivity index (χ1v) is 10.6. The lowest BCUT2D eigenvalue weighted by Crippen LogP contribution is -2.02. The topological polar surface area (TPSA) is 26.0 Å². The Hall–Kier alpha value is -3.06. The minimum atomic E-state index is 0.566. The highest BCUT2D eigenvalue weighted by Gasteiger charge is 2.14. The Morgan fingerprint density at radius 2 is 1.69 bits per heavy atom. The van der Waals surface area contributed by atoms with Crippen LogP contribution in [0.5, 0.6) is 0 Å². The molecule has 0 heterocycles. The van der Waals surface area contributed by atoms with Crippen LogP contribution in [0, 0.1) is 5.92 Å². The molecule has 2 aliphatic carbocycles. The molecule has 2 aromatic carbocycles. The maximum absolute atomic E-state index is 5.74. The van der Waals surface area contributed by atoms with Crippen LogP contribution in [0.25, 0.3) is 16.3 Å². The Balaban J connectivity index is 1.49. The van der Waals surface area contributed by atoms with Crippen molar-refractivity contribution < 1.29 is 0 Å². The Bertz CT molecular complexity index is 1050. The van der Waals surface area contributed by atoms with Gasteiger partial charge < -0.3 is 5.73 Å². The molecule has 0 aromatic heterocycles. The van der Waals surface area contributed by atoms with E-state index in [1.54, 1.807) is 17.3 Å². The van der Waals surface area contributed by atoms with Crippen LogP contribution in [-0.2, 0) is 6.42 Å². The summed E-state index contributed by atoms with van der Waals surface area (Å²) in [6.45, 7) is 3.86. The lowest BCUT2D eigenvalue weighted by atomic mass is 9.87. The number of hydrogen-bond acceptors (Lipinski definition) is 1. The van der Waals surface area contributed by atoms with Crippen molar-refractivity contribution in [2.45, 2.75) is 32.1 Å². The highest BCUT2D eigenvalue weighted by molar-refractivity contribution is 5.88. The van der Waals surface area contributed by atoms with Gasteiger partial charge in [0, 0.05) is 6.20 Å². The molecule has 0 saturated heterocycles. The molecule has 4 rings (SSSR count). The van der Waals surface area contributed by atoms with E-state index in [0.29, 0.717) is 5.92 Å². The highest BCUT2D eigenvalue weighted by Crippen LogP contribution is 2.31. The van der Waals surface area contributed by atoms with Gasteiger partial charge in [0.1, 0.15) is 0 Å². The van der Waals surface area contributed by atoms with E-state index in [9.17, 15) is 0 Å². The minimum Gasteiger partial charge on any atom is -0.404 e. The first-order chi connectivity index (χ1) is 14.3. The number of hydrogen-bond donors (Lipinski definition) is 1. The van der Waals surface area contributed by atoms with E-state index in [0.717, 1.165) is 30.4 Å². The SMILES string of the molecule is C=C/C(=C\N)c1ccc2ccc(CCC3=CCCC=C3CC3C=CC=C3)cc2c1. The minimum absolute atomic E-state index is 0.566. The van der Waals surface area contributed by atoms with Gasteiger partial charge in [-0.2, -0.15) is 0 Å². The van der Waals surface area contributed by atoms with Crippen LogP contribution in [0.3, 0.4) is 0 Å². The quantitative estimate of drug-likeness (QED) is 0.513. The summed E-state index contributed by atoms with van der Waals surface area (Å²) in [5.74, 6) is 0.566. The average Bonchev–Trinajstić information content (AvgIpc) is 3.27. The summed E-state index contributed by atoms with van der Waals surface area (Å²) < 4.78 is 0. The monoisotopic (exact) mass is 379 g/mol. The van der Waals surface area contributed by atoms with Crippen molar-refractivity contribution in [3.63, 3.8) is 0 Å². The van der Waals surface area contributed by atoms with Crippen molar-refractivity contribution in [3.8, 4) is 0 Å². The zero-order chi connectivity index (χ0) is 20.1. The van der Waals surface area contributed by atoms with Crippen molar-refractivity contribution >= 4 is 16.3 Å². The molecule has 0 radical (unpaired) electrons. The van der Waals surface area contributed by atoms with Crippen molar-refractivity contribution in [1.29, 1.82) is 0 Å². The fourth-order valence-corrected chi connectivity index (χ4v) is 4.31. The fourth-order valence-electron chi connectivity index (χ4n) is 4.31. The Morgan fingerprint density at radius 1 is 0.931 bits per heavy atom. The van der Waals surface area contributed by atoms with Crippen LogP contribution in [0.2, 0.25) is 0 Å². The summed E-state index contributed by atoms with van der Waals surface area (Å²) >= 11 is 0. The second-order valence-corrected chi connectivity index (χ2v) is 7.90. The van der Waals surface area contributed by atoms with Crippen LogP contribution < -0.4 is 5.73 Å². The van der Waals surface area contributed by atoms with Gasteiger partial charge in [-0.05, 0) is 82.7 Å². The Kier molecular flexibility index (Phi) is 5.95. The van der Waals surface area contributed by atoms with Crippen LogP contribution in [0.15, 0.2) is 103 Å². The molecule has 2 aliphatic rings. The van der Waals surface area contributed by atoms with Crippen LogP contribution in [0.4, 0.5) is 0 Å². The molecule has 29 heavy (non-hydrogen) atoms. The normalized spacial score (nSPS) is 16.9. The van der Waals surface area contributed by atoms with Crippen molar-refractivity contribution in [1.82, 2.24) is 0 Å². The predicted molar refractivity (Wildman–Crippen MR) is 126 cm³/mol. The summed E-state index contributed by atoms with van der Waals surface area (Å²) in [5.41, 5.74) is 12.3. The molecule has 1 nitrogen and oxygen atoms in total. The third-order valence-electron chi connectivity index (χ3n) is 5.96. The smallest absolute Gasteiger partial charge is 0.00173 e. The third-order valence-corrected chi connectivity index (χ3v) is 5.96. The molecule has 0 unspecified atom stereocenters. The van der Waals surface area contributed by atoms with Crippen LogP contribution >= 0.6 is 0 Å². The average molecular weight is 380 g/mol. The number of fused-ring (bicyclic) bond motifs is 1. The van der Waals surface area contributed by atoms with E-state index < -0.39 is 0 Å². The number of rotatable bonds is 7. The lowest BCUT2D eigenvalue weighted by molar-refractivity contribution is 0.771. The zero-order valence-corrected chi connectivity index (χ0v) is 17.0. The molecule has 1 heteroatoms. The van der Waals surface area contributed by atoms with Crippen molar-refractivity contribution in [2.75, 3.05) is 0 Å². The summed E-state index contributed by atoms with van der Waals surface area (Å²) in [6, 6.07) is 13.3. The van der Waals surface area contributed by atoms with Gasteiger partial charge in [0.05, 0.1) is 0 Å². The van der Waals surface area contributed by atoms with E-state index in [1.807, 2.05) is 6.08 Å². The molecule has 0 spiro atoms. The second kappa shape index (κ2) is 8.96. The molecule has 2 aromatic rings. The molecule has 2 N–H and O–H groups in total. The van der Waals surface area contributed by atoms with Gasteiger partial charge >= 0.3 is 0 Å². The van der Waals surface area contributed by atoms with Crippen LogP contribution in [-0.4, -0.2) is 0 Å². The molecular weight excluding hydrogens is 350 g/mol. The number of allylic oxidation sites excluding steroid dienone is 10. The standard InChI is InChI=1S/C28H29N/c1-2-23(20-29)27-16-15-25-14-12-22(18-28(25)19-27)11-13-24-9-5-6-10-26(24)17-21-7-3-4-8-21/h2-4,7-10,12,14-16,18-21H,1,5-6,11,13,17,29H2/b23-20+. The van der Waals surface area contributed by atoms with Crippen LogP contribution in [0.1, 0.15) is 36.8 Å². The molecule has 0 aliphatic heterocycles. The molecule has 0 atom stereocenters. The van der Waals surface area contributed by atoms with Crippen molar-refractivity contribution in [3.05, 3.63) is 114 Å². The van der Waals surface area contributed by atoms with Crippen molar-refractivity contribution in [2.24, 2.45) is 11.7 Å². The summed E-state index contributed by atoms with van der Waals surface area (Å²) in [7, 11) is 0. The summed E-state index contributed by atoms with van der Waals surface area (Å²) in [4.78, 5) is 0. The molecule has 0 saturated carbocycles.